The van der Waals surface area contributed by atoms with Crippen molar-refractivity contribution in [3.63, 3.8) is 0 Å². The molecule has 3 nitrogen and oxygen atoms in total. The Kier molecular flexibility index (Phi) is 4.05. The Bertz CT molecular complexity index is 626. The molecule has 0 spiro atoms. The second-order valence-electron chi connectivity index (χ2n) is 5.62. The number of benzene rings is 1. The van der Waals surface area contributed by atoms with Gasteiger partial charge in [-0.05, 0) is 43.1 Å². The first-order valence-electron chi connectivity index (χ1n) is 6.77. The van der Waals surface area contributed by atoms with Crippen LogP contribution in [0.2, 0.25) is 0 Å². The lowest BCUT2D eigenvalue weighted by Gasteiger charge is -2.12. The summed E-state index contributed by atoms with van der Waals surface area (Å²) in [7, 11) is 4.03. The largest absolute Gasteiger partial charge is 0.314 e. The van der Waals surface area contributed by atoms with Crippen molar-refractivity contribution in [2.45, 2.75) is 26.3 Å². The molecule has 1 aromatic heterocycles. The summed E-state index contributed by atoms with van der Waals surface area (Å²) in [5, 5.41) is 1.85. The van der Waals surface area contributed by atoms with Crippen LogP contribution in [0.15, 0.2) is 35.3 Å². The standard InChI is InChI=1S/C16H22N2O/c1-12(2)14-6-5-13-7-8-18(10-9-17(3)4)16(19)15(13)11-14/h5-8,11-12H,9-10H2,1-4H3. The van der Waals surface area contributed by atoms with Crippen LogP contribution in [0.1, 0.15) is 25.3 Å². The van der Waals surface area contributed by atoms with Gasteiger partial charge in [0, 0.05) is 24.7 Å². The van der Waals surface area contributed by atoms with Crippen LogP contribution >= 0.6 is 0 Å². The zero-order valence-electron chi connectivity index (χ0n) is 12.2. The van der Waals surface area contributed by atoms with Crippen molar-refractivity contribution in [3.05, 3.63) is 46.4 Å². The average Bonchev–Trinajstić information content (AvgIpc) is 2.37. The van der Waals surface area contributed by atoms with E-state index in [9.17, 15) is 4.79 Å². The summed E-state index contributed by atoms with van der Waals surface area (Å²) in [6, 6.07) is 8.21. The molecule has 1 aromatic carbocycles. The Hall–Kier alpha value is -1.61. The fourth-order valence-corrected chi connectivity index (χ4v) is 2.14. The van der Waals surface area contributed by atoms with E-state index in [4.69, 9.17) is 0 Å². The second kappa shape index (κ2) is 5.57. The van der Waals surface area contributed by atoms with Crippen LogP contribution in [-0.4, -0.2) is 30.1 Å². The topological polar surface area (TPSA) is 25.2 Å². The summed E-state index contributed by atoms with van der Waals surface area (Å²) in [5.41, 5.74) is 1.33. The molecule has 0 unspecified atom stereocenters. The van der Waals surface area contributed by atoms with Crippen LogP contribution in [-0.2, 0) is 6.54 Å². The first-order chi connectivity index (χ1) is 8.99. The zero-order valence-corrected chi connectivity index (χ0v) is 12.2. The molecule has 0 N–H and O–H groups in total. The van der Waals surface area contributed by atoms with Crippen LogP contribution in [0, 0.1) is 0 Å². The van der Waals surface area contributed by atoms with E-state index in [0.29, 0.717) is 5.92 Å². The van der Waals surface area contributed by atoms with E-state index in [-0.39, 0.29) is 5.56 Å². The van der Waals surface area contributed by atoms with Gasteiger partial charge in [0.25, 0.3) is 5.56 Å². The monoisotopic (exact) mass is 258 g/mol. The molecule has 19 heavy (non-hydrogen) atoms. The van der Waals surface area contributed by atoms with E-state index in [0.717, 1.165) is 23.9 Å². The molecule has 0 saturated heterocycles. The third kappa shape index (κ3) is 3.04. The highest BCUT2D eigenvalue weighted by molar-refractivity contribution is 5.82. The fraction of sp³-hybridized carbons (Fsp3) is 0.438. The number of hydrogen-bond acceptors (Lipinski definition) is 2. The smallest absolute Gasteiger partial charge is 0.258 e. The molecule has 0 radical (unpaired) electrons. The summed E-state index contributed by atoms with van der Waals surface area (Å²) in [6.45, 7) is 5.90. The van der Waals surface area contributed by atoms with Gasteiger partial charge in [0.1, 0.15) is 0 Å². The van der Waals surface area contributed by atoms with Crippen LogP contribution in [0.4, 0.5) is 0 Å². The number of pyridine rings is 1. The molecule has 3 heteroatoms. The molecule has 2 aromatic rings. The minimum Gasteiger partial charge on any atom is -0.314 e. The predicted molar refractivity (Wildman–Crippen MR) is 80.9 cm³/mol. The first-order valence-corrected chi connectivity index (χ1v) is 6.77. The van der Waals surface area contributed by atoms with Crippen molar-refractivity contribution >= 4 is 10.8 Å². The maximum absolute atomic E-state index is 12.5. The van der Waals surface area contributed by atoms with Crippen molar-refractivity contribution in [2.75, 3.05) is 20.6 Å². The molecule has 0 aliphatic heterocycles. The molecule has 1 heterocycles. The van der Waals surface area contributed by atoms with Crippen LogP contribution < -0.4 is 5.56 Å². The summed E-state index contributed by atoms with van der Waals surface area (Å²) in [6.07, 6.45) is 1.89. The van der Waals surface area contributed by atoms with Crippen LogP contribution in [0.25, 0.3) is 10.8 Å². The van der Waals surface area contributed by atoms with E-state index >= 15 is 0 Å². The zero-order chi connectivity index (χ0) is 14.0. The van der Waals surface area contributed by atoms with E-state index in [1.54, 1.807) is 4.57 Å². The van der Waals surface area contributed by atoms with Crippen LogP contribution in [0.5, 0.6) is 0 Å². The third-order valence-electron chi connectivity index (χ3n) is 3.46. The molecule has 0 aliphatic rings. The van der Waals surface area contributed by atoms with Gasteiger partial charge >= 0.3 is 0 Å². The molecular formula is C16H22N2O. The lowest BCUT2D eigenvalue weighted by molar-refractivity contribution is 0.381. The van der Waals surface area contributed by atoms with Crippen molar-refractivity contribution in [1.82, 2.24) is 9.47 Å². The first kappa shape index (κ1) is 13.8. The van der Waals surface area contributed by atoms with Crippen molar-refractivity contribution in [1.29, 1.82) is 0 Å². The number of hydrogen-bond donors (Lipinski definition) is 0. The van der Waals surface area contributed by atoms with Gasteiger partial charge in [-0.1, -0.05) is 26.0 Å². The summed E-state index contributed by atoms with van der Waals surface area (Å²) in [5.74, 6) is 0.444. The van der Waals surface area contributed by atoms with Crippen LogP contribution in [0.3, 0.4) is 0 Å². The Balaban J connectivity index is 2.46. The highest BCUT2D eigenvalue weighted by Gasteiger charge is 2.06. The van der Waals surface area contributed by atoms with Crippen molar-refractivity contribution < 1.29 is 0 Å². The molecular weight excluding hydrogens is 236 g/mol. The van der Waals surface area contributed by atoms with Gasteiger partial charge in [0.15, 0.2) is 0 Å². The summed E-state index contributed by atoms with van der Waals surface area (Å²) < 4.78 is 1.80. The highest BCUT2D eigenvalue weighted by atomic mass is 16.1. The van der Waals surface area contributed by atoms with Crippen molar-refractivity contribution in [3.8, 4) is 0 Å². The maximum atomic E-state index is 12.5. The Morgan fingerprint density at radius 3 is 2.58 bits per heavy atom. The molecule has 0 atom stereocenters. The lowest BCUT2D eigenvalue weighted by Crippen LogP contribution is -2.26. The quantitative estimate of drug-likeness (QED) is 0.842. The highest BCUT2D eigenvalue weighted by Crippen LogP contribution is 2.18. The summed E-state index contributed by atoms with van der Waals surface area (Å²) >= 11 is 0. The molecule has 0 amide bonds. The SMILES string of the molecule is CC(C)c1ccc2ccn(CCN(C)C)c(=O)c2c1. The van der Waals surface area contributed by atoms with E-state index < -0.39 is 0 Å². The number of fused-ring (bicyclic) bond motifs is 1. The van der Waals surface area contributed by atoms with Gasteiger partial charge in [0.2, 0.25) is 0 Å². The van der Waals surface area contributed by atoms with Crippen molar-refractivity contribution in [2.24, 2.45) is 0 Å². The minimum atomic E-state index is 0.113. The average molecular weight is 258 g/mol. The number of aromatic nitrogens is 1. The van der Waals surface area contributed by atoms with E-state index in [1.807, 2.05) is 38.5 Å². The molecule has 0 bridgehead atoms. The molecule has 0 fully saturated rings. The van der Waals surface area contributed by atoms with Gasteiger partial charge in [0.05, 0.1) is 0 Å². The number of likely N-dealkylation sites (N-methyl/N-ethyl adjacent to an activating group) is 1. The Labute approximate surface area is 114 Å². The minimum absolute atomic E-state index is 0.113. The maximum Gasteiger partial charge on any atom is 0.258 e. The third-order valence-corrected chi connectivity index (χ3v) is 3.46. The second-order valence-corrected chi connectivity index (χ2v) is 5.62. The van der Waals surface area contributed by atoms with E-state index in [2.05, 4.69) is 24.8 Å². The van der Waals surface area contributed by atoms with Gasteiger partial charge < -0.3 is 9.47 Å². The number of nitrogens with zero attached hydrogens (tertiary/aromatic N) is 2. The number of rotatable bonds is 4. The molecule has 102 valence electrons. The normalized spacial score (nSPS) is 11.7. The Morgan fingerprint density at radius 1 is 1.21 bits per heavy atom. The fourth-order valence-electron chi connectivity index (χ4n) is 2.14. The van der Waals surface area contributed by atoms with Gasteiger partial charge in [-0.2, -0.15) is 0 Å². The summed E-state index contributed by atoms with van der Waals surface area (Å²) in [4.78, 5) is 14.5. The Morgan fingerprint density at radius 2 is 1.95 bits per heavy atom. The van der Waals surface area contributed by atoms with E-state index in [1.165, 1.54) is 5.56 Å². The molecule has 0 aliphatic carbocycles. The molecule has 0 saturated carbocycles. The van der Waals surface area contributed by atoms with Gasteiger partial charge in [-0.3, -0.25) is 4.79 Å². The predicted octanol–water partition coefficient (Wildman–Crippen LogP) is 2.69. The van der Waals surface area contributed by atoms with Gasteiger partial charge in [-0.15, -0.1) is 0 Å². The lowest BCUT2D eigenvalue weighted by atomic mass is 10.0. The molecule has 2 rings (SSSR count). The van der Waals surface area contributed by atoms with Gasteiger partial charge in [-0.25, -0.2) is 0 Å².